The van der Waals surface area contributed by atoms with E-state index in [2.05, 4.69) is 11.9 Å². The minimum atomic E-state index is -0.681. The van der Waals surface area contributed by atoms with Crippen molar-refractivity contribution < 1.29 is 9.59 Å². The molecule has 0 aliphatic heterocycles. The van der Waals surface area contributed by atoms with Gasteiger partial charge in [-0.05, 0) is 12.8 Å². The molecule has 0 unspecified atom stereocenters. The highest BCUT2D eigenvalue weighted by Crippen LogP contribution is 2.28. The Morgan fingerprint density at radius 2 is 2.00 bits per heavy atom. The Hall–Kier alpha value is -1.32. The molecule has 0 aromatic heterocycles. The summed E-state index contributed by atoms with van der Waals surface area (Å²) in [6.45, 7) is 3.30. The zero-order valence-corrected chi connectivity index (χ0v) is 6.09. The second kappa shape index (κ2) is 2.74. The molecular formula is C7H10N2O2. The van der Waals surface area contributed by atoms with Crippen LogP contribution in [-0.2, 0) is 9.59 Å². The maximum Gasteiger partial charge on any atom is 0.264 e. The summed E-state index contributed by atoms with van der Waals surface area (Å²) in [6, 6.07) is 0. The lowest BCUT2D eigenvalue weighted by Crippen LogP contribution is -2.31. The number of primary amides is 1. The van der Waals surface area contributed by atoms with E-state index < -0.39 is 5.91 Å². The van der Waals surface area contributed by atoms with Gasteiger partial charge in [-0.2, -0.15) is 0 Å². The van der Waals surface area contributed by atoms with Gasteiger partial charge in [0.25, 0.3) is 5.91 Å². The number of carbonyl (C=O) groups is 2. The van der Waals surface area contributed by atoms with Crippen LogP contribution in [0.4, 0.5) is 0 Å². The lowest BCUT2D eigenvalue weighted by atomic mass is 10.3. The van der Waals surface area contributed by atoms with Crippen LogP contribution in [0.3, 0.4) is 0 Å². The van der Waals surface area contributed by atoms with Crippen LogP contribution in [0.2, 0.25) is 0 Å². The van der Waals surface area contributed by atoms with Crippen LogP contribution in [0.25, 0.3) is 0 Å². The Labute approximate surface area is 64.4 Å². The molecule has 0 saturated heterocycles. The molecule has 3 N–H and O–H groups in total. The number of hydrogen-bond donors (Lipinski definition) is 2. The molecular weight excluding hydrogens is 144 g/mol. The molecule has 0 aromatic carbocycles. The first-order valence-electron chi connectivity index (χ1n) is 3.41. The SMILES string of the molecule is C=C(NC(=O)C1CC1)C(N)=O. The van der Waals surface area contributed by atoms with Gasteiger partial charge in [-0.15, -0.1) is 0 Å². The maximum atomic E-state index is 10.9. The molecule has 0 aromatic rings. The molecule has 0 atom stereocenters. The molecule has 0 radical (unpaired) electrons. The van der Waals surface area contributed by atoms with Crippen LogP contribution in [-0.4, -0.2) is 11.8 Å². The van der Waals surface area contributed by atoms with Crippen LogP contribution in [0.1, 0.15) is 12.8 Å². The van der Waals surface area contributed by atoms with Gasteiger partial charge in [0.1, 0.15) is 0 Å². The lowest BCUT2D eigenvalue weighted by Gasteiger charge is -2.01. The van der Waals surface area contributed by atoms with Crippen molar-refractivity contribution in [2.75, 3.05) is 0 Å². The number of hydrogen-bond acceptors (Lipinski definition) is 2. The first kappa shape index (κ1) is 7.78. The number of amides is 2. The summed E-state index contributed by atoms with van der Waals surface area (Å²) in [5.74, 6) is -0.751. The highest BCUT2D eigenvalue weighted by molar-refractivity contribution is 5.96. The molecule has 1 saturated carbocycles. The highest BCUT2D eigenvalue weighted by Gasteiger charge is 2.30. The van der Waals surface area contributed by atoms with Crippen LogP contribution >= 0.6 is 0 Å². The van der Waals surface area contributed by atoms with E-state index >= 15 is 0 Å². The third-order valence-electron chi connectivity index (χ3n) is 1.52. The van der Waals surface area contributed by atoms with Gasteiger partial charge in [-0.25, -0.2) is 0 Å². The molecule has 11 heavy (non-hydrogen) atoms. The summed E-state index contributed by atoms with van der Waals surface area (Å²) >= 11 is 0. The summed E-state index contributed by atoms with van der Waals surface area (Å²) in [5.41, 5.74) is 4.83. The van der Waals surface area contributed by atoms with Crippen molar-refractivity contribution in [3.8, 4) is 0 Å². The zero-order chi connectivity index (χ0) is 8.43. The van der Waals surface area contributed by atoms with E-state index in [1.807, 2.05) is 0 Å². The lowest BCUT2D eigenvalue weighted by molar-refractivity contribution is -0.123. The van der Waals surface area contributed by atoms with E-state index in [1.54, 1.807) is 0 Å². The fourth-order valence-electron chi connectivity index (χ4n) is 0.658. The maximum absolute atomic E-state index is 10.9. The van der Waals surface area contributed by atoms with Gasteiger partial charge in [-0.1, -0.05) is 6.58 Å². The molecule has 1 rings (SSSR count). The van der Waals surface area contributed by atoms with Crippen molar-refractivity contribution in [3.05, 3.63) is 12.3 Å². The fourth-order valence-corrected chi connectivity index (χ4v) is 0.658. The first-order chi connectivity index (χ1) is 5.11. The summed E-state index contributed by atoms with van der Waals surface area (Å²) in [4.78, 5) is 21.3. The van der Waals surface area contributed by atoms with Crippen molar-refractivity contribution in [1.29, 1.82) is 0 Å². The van der Waals surface area contributed by atoms with Crippen LogP contribution in [0.15, 0.2) is 12.3 Å². The van der Waals surface area contributed by atoms with E-state index in [0.29, 0.717) is 0 Å². The number of carbonyl (C=O) groups excluding carboxylic acids is 2. The van der Waals surface area contributed by atoms with Crippen molar-refractivity contribution in [1.82, 2.24) is 5.32 Å². The normalized spacial score (nSPS) is 15.6. The van der Waals surface area contributed by atoms with Crippen LogP contribution in [0, 0.1) is 5.92 Å². The Kier molecular flexibility index (Phi) is 1.94. The van der Waals surface area contributed by atoms with Gasteiger partial charge in [0.05, 0.1) is 5.70 Å². The smallest absolute Gasteiger partial charge is 0.264 e. The molecule has 1 aliphatic carbocycles. The van der Waals surface area contributed by atoms with Crippen molar-refractivity contribution >= 4 is 11.8 Å². The molecule has 60 valence electrons. The fraction of sp³-hybridized carbons (Fsp3) is 0.429. The van der Waals surface area contributed by atoms with Gasteiger partial charge in [-0.3, -0.25) is 9.59 Å². The third-order valence-corrected chi connectivity index (χ3v) is 1.52. The van der Waals surface area contributed by atoms with E-state index in [1.165, 1.54) is 0 Å². The monoisotopic (exact) mass is 154 g/mol. The quantitative estimate of drug-likeness (QED) is 0.538. The van der Waals surface area contributed by atoms with Gasteiger partial charge >= 0.3 is 0 Å². The molecule has 4 heteroatoms. The molecule has 4 nitrogen and oxygen atoms in total. The van der Waals surface area contributed by atoms with Crippen molar-refractivity contribution in [2.45, 2.75) is 12.8 Å². The first-order valence-corrected chi connectivity index (χ1v) is 3.41. The van der Waals surface area contributed by atoms with Crippen LogP contribution in [0.5, 0.6) is 0 Å². The Balaban J connectivity index is 2.34. The molecule has 1 fully saturated rings. The second-order valence-corrected chi connectivity index (χ2v) is 2.61. The summed E-state index contributed by atoms with van der Waals surface area (Å²) in [6.07, 6.45) is 1.80. The Morgan fingerprint density at radius 1 is 1.45 bits per heavy atom. The van der Waals surface area contributed by atoms with E-state index in [0.717, 1.165) is 12.8 Å². The van der Waals surface area contributed by atoms with E-state index in [9.17, 15) is 9.59 Å². The number of rotatable bonds is 3. The molecule has 0 spiro atoms. The molecule has 0 bridgehead atoms. The molecule has 2 amide bonds. The third kappa shape index (κ3) is 2.07. The van der Waals surface area contributed by atoms with Gasteiger partial charge in [0.15, 0.2) is 0 Å². The van der Waals surface area contributed by atoms with Crippen molar-refractivity contribution in [2.24, 2.45) is 11.7 Å². The average Bonchev–Trinajstić information content (AvgIpc) is 2.67. The van der Waals surface area contributed by atoms with Crippen molar-refractivity contribution in [3.63, 3.8) is 0 Å². The van der Waals surface area contributed by atoms with E-state index in [4.69, 9.17) is 5.73 Å². The zero-order valence-electron chi connectivity index (χ0n) is 6.09. The summed E-state index contributed by atoms with van der Waals surface area (Å²) in [7, 11) is 0. The number of nitrogens with two attached hydrogens (primary N) is 1. The second-order valence-electron chi connectivity index (χ2n) is 2.61. The van der Waals surface area contributed by atoms with E-state index in [-0.39, 0.29) is 17.5 Å². The standard InChI is InChI=1S/C7H10N2O2/c1-4(6(8)10)9-7(11)5-2-3-5/h5H,1-3H2,(H2,8,10)(H,9,11). The van der Waals surface area contributed by atoms with Gasteiger partial charge in [0.2, 0.25) is 5.91 Å². The average molecular weight is 154 g/mol. The van der Waals surface area contributed by atoms with Gasteiger partial charge < -0.3 is 11.1 Å². The van der Waals surface area contributed by atoms with Gasteiger partial charge in [0, 0.05) is 5.92 Å². The predicted molar refractivity (Wildman–Crippen MR) is 39.2 cm³/mol. The summed E-state index contributed by atoms with van der Waals surface area (Å²) < 4.78 is 0. The molecule has 0 heterocycles. The Morgan fingerprint density at radius 3 is 2.36 bits per heavy atom. The summed E-state index contributed by atoms with van der Waals surface area (Å²) in [5, 5.41) is 2.33. The highest BCUT2D eigenvalue weighted by atomic mass is 16.2. The van der Waals surface area contributed by atoms with Crippen LogP contribution < -0.4 is 11.1 Å². The minimum absolute atomic E-state index is 0.0260. The predicted octanol–water partition coefficient (Wildman–Crippen LogP) is -0.488. The topological polar surface area (TPSA) is 72.2 Å². The largest absolute Gasteiger partial charge is 0.364 e. The number of nitrogens with one attached hydrogen (secondary N) is 1. The Bertz CT molecular complexity index is 218. The minimum Gasteiger partial charge on any atom is -0.364 e. The molecule has 1 aliphatic rings.